The van der Waals surface area contributed by atoms with Crippen molar-refractivity contribution in [3.63, 3.8) is 0 Å². The molecule has 2 atom stereocenters. The van der Waals surface area contributed by atoms with E-state index in [1.807, 2.05) is 18.2 Å². The second-order valence-corrected chi connectivity index (χ2v) is 4.90. The van der Waals surface area contributed by atoms with E-state index < -0.39 is 18.6 Å². The molecular formula is C14H18F3NO2. The van der Waals surface area contributed by atoms with Gasteiger partial charge in [0, 0.05) is 0 Å². The lowest BCUT2D eigenvalue weighted by Gasteiger charge is -2.31. The molecule has 6 heteroatoms. The first kappa shape index (κ1) is 15.1. The Hall–Kier alpha value is -1.27. The molecule has 0 heterocycles. The minimum atomic E-state index is -4.19. The first-order valence-electron chi connectivity index (χ1n) is 6.51. The molecule has 1 aliphatic carbocycles. The fourth-order valence-corrected chi connectivity index (χ4v) is 2.43. The number of hydrogen-bond acceptors (Lipinski definition) is 3. The molecule has 0 aliphatic heterocycles. The summed E-state index contributed by atoms with van der Waals surface area (Å²) >= 11 is 0. The summed E-state index contributed by atoms with van der Waals surface area (Å²) in [6.07, 6.45) is -4.12. The molecule has 0 amide bonds. The summed E-state index contributed by atoms with van der Waals surface area (Å²) in [5, 5.41) is 0. The molecule has 1 aromatic rings. The van der Waals surface area contributed by atoms with E-state index in [1.165, 1.54) is 0 Å². The van der Waals surface area contributed by atoms with Crippen molar-refractivity contribution in [1.29, 1.82) is 0 Å². The van der Waals surface area contributed by atoms with Gasteiger partial charge in [-0.25, -0.2) is 0 Å². The molecule has 2 N–H and O–H groups in total. The van der Waals surface area contributed by atoms with Crippen molar-refractivity contribution in [3.8, 4) is 5.75 Å². The summed E-state index contributed by atoms with van der Waals surface area (Å²) in [5.74, 6) is 0.690. The van der Waals surface area contributed by atoms with Gasteiger partial charge in [0.15, 0.2) is 0 Å². The first-order valence-corrected chi connectivity index (χ1v) is 6.51. The van der Waals surface area contributed by atoms with Crippen LogP contribution in [0.5, 0.6) is 5.75 Å². The topological polar surface area (TPSA) is 44.5 Å². The number of methoxy groups -OCH3 is 1. The molecule has 0 bridgehead atoms. The van der Waals surface area contributed by atoms with E-state index in [4.69, 9.17) is 15.2 Å². The Labute approximate surface area is 115 Å². The van der Waals surface area contributed by atoms with Crippen molar-refractivity contribution in [2.75, 3.05) is 13.7 Å². The Morgan fingerprint density at radius 3 is 2.75 bits per heavy atom. The van der Waals surface area contributed by atoms with Gasteiger partial charge in [-0.3, -0.25) is 0 Å². The van der Waals surface area contributed by atoms with Gasteiger partial charge in [0.05, 0.1) is 32.3 Å². The van der Waals surface area contributed by atoms with Gasteiger partial charge in [-0.15, -0.1) is 0 Å². The lowest BCUT2D eigenvalue weighted by atomic mass is 9.86. The van der Waals surface area contributed by atoms with E-state index in [1.54, 1.807) is 7.11 Å². The van der Waals surface area contributed by atoms with E-state index in [9.17, 15) is 13.2 Å². The van der Waals surface area contributed by atoms with Crippen LogP contribution < -0.4 is 10.5 Å². The molecule has 0 radical (unpaired) electrons. The molecule has 0 saturated heterocycles. The second-order valence-electron chi connectivity index (χ2n) is 4.90. The highest BCUT2D eigenvalue weighted by atomic mass is 19.4. The average Bonchev–Trinajstić information content (AvgIpc) is 2.40. The Balaban J connectivity index is 2.01. The first-order chi connectivity index (χ1) is 9.40. The molecule has 3 nitrogen and oxygen atoms in total. The normalized spacial score (nSPS) is 22.4. The smallest absolute Gasteiger partial charge is 0.391 e. The largest absolute Gasteiger partial charge is 0.497 e. The Kier molecular flexibility index (Phi) is 4.55. The molecular weight excluding hydrogens is 271 g/mol. The van der Waals surface area contributed by atoms with E-state index in [0.717, 1.165) is 17.5 Å². The third-order valence-electron chi connectivity index (χ3n) is 3.53. The van der Waals surface area contributed by atoms with Crippen LogP contribution in [0, 0.1) is 0 Å². The maximum Gasteiger partial charge on any atom is 0.391 e. The number of aryl methyl sites for hydroxylation is 1. The van der Waals surface area contributed by atoms with Crippen molar-refractivity contribution in [1.82, 2.24) is 0 Å². The Morgan fingerprint density at radius 1 is 1.35 bits per heavy atom. The number of alkyl halides is 3. The van der Waals surface area contributed by atoms with E-state index >= 15 is 0 Å². The lowest BCUT2D eigenvalue weighted by molar-refractivity contribution is -0.150. The highest BCUT2D eigenvalue weighted by Crippen LogP contribution is 2.33. The summed E-state index contributed by atoms with van der Waals surface area (Å²) in [7, 11) is 1.56. The molecule has 0 fully saturated rings. The molecule has 2 rings (SSSR count). The zero-order valence-electron chi connectivity index (χ0n) is 11.2. The fourth-order valence-electron chi connectivity index (χ4n) is 2.43. The quantitative estimate of drug-likeness (QED) is 0.926. The summed E-state index contributed by atoms with van der Waals surface area (Å²) in [5.41, 5.74) is 8.10. The van der Waals surface area contributed by atoms with Gasteiger partial charge >= 0.3 is 6.18 Å². The van der Waals surface area contributed by atoms with Crippen molar-refractivity contribution in [2.45, 2.75) is 37.6 Å². The van der Waals surface area contributed by atoms with Crippen LogP contribution in [0.15, 0.2) is 18.2 Å². The highest BCUT2D eigenvalue weighted by molar-refractivity contribution is 5.39. The molecule has 0 spiro atoms. The average molecular weight is 289 g/mol. The minimum Gasteiger partial charge on any atom is -0.497 e. The van der Waals surface area contributed by atoms with Gasteiger partial charge in [-0.05, 0) is 36.1 Å². The number of hydrogen-bond donors (Lipinski definition) is 1. The zero-order chi connectivity index (χ0) is 14.8. The zero-order valence-corrected chi connectivity index (χ0v) is 11.2. The van der Waals surface area contributed by atoms with Crippen LogP contribution in [0.3, 0.4) is 0 Å². The number of benzene rings is 1. The summed E-state index contributed by atoms with van der Waals surface area (Å²) in [4.78, 5) is 0. The summed E-state index contributed by atoms with van der Waals surface area (Å²) in [6.45, 7) is -0.346. The molecule has 1 aliphatic rings. The van der Waals surface area contributed by atoms with Gasteiger partial charge in [0.25, 0.3) is 0 Å². The fraction of sp³-hybridized carbons (Fsp3) is 0.571. The number of halogens is 3. The van der Waals surface area contributed by atoms with Gasteiger partial charge < -0.3 is 15.2 Å². The molecule has 1 aromatic carbocycles. The van der Waals surface area contributed by atoms with Crippen molar-refractivity contribution >= 4 is 0 Å². The number of ether oxygens (including phenoxy) is 2. The van der Waals surface area contributed by atoms with Gasteiger partial charge in [-0.1, -0.05) is 6.07 Å². The molecule has 0 aromatic heterocycles. The van der Waals surface area contributed by atoms with Crippen LogP contribution in [0.2, 0.25) is 0 Å². The maximum atomic E-state index is 12.1. The predicted molar refractivity (Wildman–Crippen MR) is 68.7 cm³/mol. The Morgan fingerprint density at radius 2 is 2.10 bits per heavy atom. The van der Waals surface area contributed by atoms with E-state index in [2.05, 4.69) is 0 Å². The third-order valence-corrected chi connectivity index (χ3v) is 3.53. The van der Waals surface area contributed by atoms with Crippen molar-refractivity contribution in [3.05, 3.63) is 29.3 Å². The highest BCUT2D eigenvalue weighted by Gasteiger charge is 2.31. The van der Waals surface area contributed by atoms with E-state index in [0.29, 0.717) is 12.2 Å². The van der Waals surface area contributed by atoms with Gasteiger partial charge in [0.1, 0.15) is 5.75 Å². The van der Waals surface area contributed by atoms with Crippen LogP contribution in [0.1, 0.15) is 30.0 Å². The maximum absolute atomic E-state index is 12.1. The number of rotatable bonds is 4. The van der Waals surface area contributed by atoms with E-state index in [-0.39, 0.29) is 12.7 Å². The molecule has 20 heavy (non-hydrogen) atoms. The van der Waals surface area contributed by atoms with Crippen LogP contribution in [0.4, 0.5) is 13.2 Å². The van der Waals surface area contributed by atoms with Crippen LogP contribution in [-0.2, 0) is 11.2 Å². The molecule has 112 valence electrons. The van der Waals surface area contributed by atoms with Crippen molar-refractivity contribution in [2.24, 2.45) is 5.73 Å². The predicted octanol–water partition coefficient (Wildman–Crippen LogP) is 2.98. The van der Waals surface area contributed by atoms with Crippen LogP contribution >= 0.6 is 0 Å². The van der Waals surface area contributed by atoms with Gasteiger partial charge in [-0.2, -0.15) is 13.2 Å². The standard InChI is InChI=1S/C14H18F3NO2/c1-19-10-4-2-9-3-5-12(13(18)11(9)8-10)20-7-6-14(15,16)17/h2,4,8,12-13H,3,5-7,18H2,1H3. The monoisotopic (exact) mass is 289 g/mol. The number of nitrogens with two attached hydrogens (primary N) is 1. The third kappa shape index (κ3) is 3.64. The Bertz CT molecular complexity index is 462. The van der Waals surface area contributed by atoms with Crippen molar-refractivity contribution < 1.29 is 22.6 Å². The minimum absolute atomic E-state index is 0.346. The number of fused-ring (bicyclic) bond motifs is 1. The summed E-state index contributed by atoms with van der Waals surface area (Å²) in [6, 6.07) is 5.22. The lowest BCUT2D eigenvalue weighted by Crippen LogP contribution is -2.34. The summed E-state index contributed by atoms with van der Waals surface area (Å²) < 4.78 is 46.8. The van der Waals surface area contributed by atoms with Crippen LogP contribution in [0.25, 0.3) is 0 Å². The molecule has 2 unspecified atom stereocenters. The second kappa shape index (κ2) is 6.01. The SMILES string of the molecule is COc1ccc2c(c1)C(N)C(OCCC(F)(F)F)CC2. The van der Waals surface area contributed by atoms with Crippen LogP contribution in [-0.4, -0.2) is 26.0 Å². The molecule has 0 saturated carbocycles. The van der Waals surface area contributed by atoms with Gasteiger partial charge in [0.2, 0.25) is 0 Å².